The van der Waals surface area contributed by atoms with Crippen molar-refractivity contribution in [3.8, 4) is 5.75 Å². The van der Waals surface area contributed by atoms with E-state index in [1.165, 1.54) is 30.6 Å². The molecule has 0 aliphatic rings. The highest BCUT2D eigenvalue weighted by Crippen LogP contribution is 2.28. The molecule has 0 spiro atoms. The van der Waals surface area contributed by atoms with Crippen LogP contribution in [0.4, 0.5) is 0 Å². The van der Waals surface area contributed by atoms with Crippen molar-refractivity contribution in [1.29, 1.82) is 0 Å². The first-order chi connectivity index (χ1) is 14.6. The third-order valence-electron chi connectivity index (χ3n) is 5.07. The molecule has 0 radical (unpaired) electrons. The Kier molecular flexibility index (Phi) is 8.61. The van der Waals surface area contributed by atoms with Gasteiger partial charge >= 0.3 is 0 Å². The summed E-state index contributed by atoms with van der Waals surface area (Å²) in [6, 6.07) is 13.7. The van der Waals surface area contributed by atoms with E-state index in [0.29, 0.717) is 13.2 Å². The van der Waals surface area contributed by atoms with Gasteiger partial charge in [0.25, 0.3) is 5.91 Å². The molecule has 0 unspecified atom stereocenters. The van der Waals surface area contributed by atoms with Crippen LogP contribution in [-0.4, -0.2) is 53.0 Å². The second-order valence-electron chi connectivity index (χ2n) is 8.20. The zero-order valence-electron chi connectivity index (χ0n) is 18.8. The first-order valence-corrected chi connectivity index (χ1v) is 11.5. The van der Waals surface area contributed by atoms with Crippen molar-refractivity contribution in [3.63, 3.8) is 0 Å². The maximum absolute atomic E-state index is 13.2. The number of sulfonamides is 1. The zero-order chi connectivity index (χ0) is 23.1. The van der Waals surface area contributed by atoms with Gasteiger partial charge in [-0.3, -0.25) is 4.79 Å². The normalized spacial score (nSPS) is 12.1. The number of hydrogen-bond acceptors (Lipinski definition) is 5. The smallest absolute Gasteiger partial charge is 0.251 e. The fraction of sp³-hybridized carbons (Fsp3) is 0.435. The van der Waals surface area contributed by atoms with Crippen molar-refractivity contribution in [1.82, 2.24) is 9.62 Å². The van der Waals surface area contributed by atoms with Crippen LogP contribution in [0.5, 0.6) is 5.75 Å². The minimum Gasteiger partial charge on any atom is -0.495 e. The summed E-state index contributed by atoms with van der Waals surface area (Å²) >= 11 is 0. The maximum atomic E-state index is 13.2. The van der Waals surface area contributed by atoms with Crippen molar-refractivity contribution >= 4 is 15.9 Å². The summed E-state index contributed by atoms with van der Waals surface area (Å²) in [5.74, 6) is -0.146. The zero-order valence-corrected chi connectivity index (χ0v) is 19.7. The summed E-state index contributed by atoms with van der Waals surface area (Å²) < 4.78 is 38.1. The van der Waals surface area contributed by atoms with Gasteiger partial charge in [-0.2, -0.15) is 4.31 Å². The van der Waals surface area contributed by atoms with Gasteiger partial charge in [0.15, 0.2) is 0 Å². The lowest BCUT2D eigenvalue weighted by Crippen LogP contribution is -2.35. The van der Waals surface area contributed by atoms with Crippen LogP contribution in [0.25, 0.3) is 0 Å². The molecular formula is C23H32N2O5S. The van der Waals surface area contributed by atoms with Gasteiger partial charge in [-0.05, 0) is 35.6 Å². The van der Waals surface area contributed by atoms with Crippen molar-refractivity contribution in [3.05, 3.63) is 59.7 Å². The highest BCUT2D eigenvalue weighted by atomic mass is 32.2. The third-order valence-corrected chi connectivity index (χ3v) is 6.90. The first-order valence-electron chi connectivity index (χ1n) is 10.1. The van der Waals surface area contributed by atoms with Crippen LogP contribution in [0, 0.1) is 5.41 Å². The van der Waals surface area contributed by atoms with Crippen LogP contribution in [0.3, 0.4) is 0 Å². The van der Waals surface area contributed by atoms with E-state index in [1.54, 1.807) is 13.2 Å². The van der Waals surface area contributed by atoms with E-state index in [1.807, 2.05) is 44.2 Å². The summed E-state index contributed by atoms with van der Waals surface area (Å²) in [4.78, 5) is 12.7. The van der Waals surface area contributed by atoms with Gasteiger partial charge in [0, 0.05) is 39.4 Å². The van der Waals surface area contributed by atoms with Crippen molar-refractivity contribution in [2.75, 3.05) is 34.4 Å². The van der Waals surface area contributed by atoms with E-state index < -0.39 is 10.0 Å². The van der Waals surface area contributed by atoms with Gasteiger partial charge in [0.1, 0.15) is 10.6 Å². The van der Waals surface area contributed by atoms with Crippen LogP contribution < -0.4 is 10.1 Å². The van der Waals surface area contributed by atoms with E-state index >= 15 is 0 Å². The Morgan fingerprint density at radius 2 is 1.77 bits per heavy atom. The number of ether oxygens (including phenoxy) is 2. The van der Waals surface area contributed by atoms with E-state index in [4.69, 9.17) is 9.47 Å². The number of carbonyl (C=O) groups excluding carboxylic acids is 1. The molecule has 0 atom stereocenters. The number of rotatable bonds is 11. The van der Waals surface area contributed by atoms with Gasteiger partial charge in [-0.25, -0.2) is 8.42 Å². The number of methoxy groups -OCH3 is 2. The Morgan fingerprint density at radius 3 is 2.39 bits per heavy atom. The molecule has 0 heterocycles. The Bertz CT molecular complexity index is 975. The summed E-state index contributed by atoms with van der Waals surface area (Å²) in [5, 5.41) is 2.89. The summed E-state index contributed by atoms with van der Waals surface area (Å²) in [5.41, 5.74) is 0.970. The molecule has 0 aromatic heterocycles. The van der Waals surface area contributed by atoms with Crippen LogP contribution >= 0.6 is 0 Å². The van der Waals surface area contributed by atoms with Crippen LogP contribution in [0.1, 0.15) is 36.2 Å². The molecule has 8 heteroatoms. The number of carbonyl (C=O) groups is 1. The molecule has 2 aromatic carbocycles. The van der Waals surface area contributed by atoms with Crippen molar-refractivity contribution in [2.45, 2.75) is 31.7 Å². The van der Waals surface area contributed by atoms with Crippen molar-refractivity contribution < 1.29 is 22.7 Å². The molecule has 0 bridgehead atoms. The number of nitrogens with one attached hydrogen (secondary N) is 1. The summed E-state index contributed by atoms with van der Waals surface area (Å²) in [6.45, 7) is 5.32. The van der Waals surface area contributed by atoms with E-state index in [2.05, 4.69) is 5.32 Å². The molecule has 0 saturated carbocycles. The Hall–Kier alpha value is -2.42. The fourth-order valence-electron chi connectivity index (χ4n) is 3.00. The number of nitrogens with zero attached hydrogens (tertiary/aromatic N) is 1. The highest BCUT2D eigenvalue weighted by molar-refractivity contribution is 7.89. The molecule has 0 aliphatic carbocycles. The Labute approximate surface area is 185 Å². The molecule has 0 fully saturated rings. The lowest BCUT2D eigenvalue weighted by molar-refractivity contribution is 0.0920. The average molecular weight is 449 g/mol. The molecule has 31 heavy (non-hydrogen) atoms. The first kappa shape index (κ1) is 24.8. The predicted octanol–water partition coefficient (Wildman–Crippen LogP) is 3.31. The molecular weight excluding hydrogens is 416 g/mol. The van der Waals surface area contributed by atoms with Gasteiger partial charge in [0.2, 0.25) is 10.0 Å². The highest BCUT2D eigenvalue weighted by Gasteiger charge is 2.27. The Morgan fingerprint density at radius 1 is 1.10 bits per heavy atom. The third kappa shape index (κ3) is 6.78. The molecule has 2 rings (SSSR count). The molecule has 1 N–H and O–H groups in total. The standard InChI is InChI=1S/C23H32N2O5S/c1-23(2,13-14-29-4)17-24-22(26)19-11-12-20(30-5)21(15-19)31(27,28)25(3)16-18-9-7-6-8-10-18/h6-12,15H,13-14,16-17H2,1-5H3,(H,24,26). The predicted molar refractivity (Wildman–Crippen MR) is 121 cm³/mol. The van der Waals surface area contributed by atoms with Gasteiger partial charge in [-0.15, -0.1) is 0 Å². The van der Waals surface area contributed by atoms with Gasteiger partial charge in [-0.1, -0.05) is 44.2 Å². The molecule has 0 saturated heterocycles. The van der Waals surface area contributed by atoms with Crippen LogP contribution in [0.15, 0.2) is 53.4 Å². The maximum Gasteiger partial charge on any atom is 0.251 e. The SMILES string of the molecule is COCCC(C)(C)CNC(=O)c1ccc(OC)c(S(=O)(=O)N(C)Cc2ccccc2)c1. The molecule has 1 amide bonds. The quantitative estimate of drug-likeness (QED) is 0.570. The van der Waals surface area contributed by atoms with Gasteiger partial charge in [0.05, 0.1) is 7.11 Å². The van der Waals surface area contributed by atoms with Crippen LogP contribution in [0.2, 0.25) is 0 Å². The van der Waals surface area contributed by atoms with Gasteiger partial charge < -0.3 is 14.8 Å². The summed E-state index contributed by atoms with van der Waals surface area (Å²) in [6.07, 6.45) is 0.788. The van der Waals surface area contributed by atoms with E-state index in [0.717, 1.165) is 12.0 Å². The van der Waals surface area contributed by atoms with Crippen LogP contribution in [-0.2, 0) is 21.3 Å². The average Bonchev–Trinajstić information content (AvgIpc) is 2.76. The summed E-state index contributed by atoms with van der Waals surface area (Å²) in [7, 11) is 0.675. The van der Waals surface area contributed by atoms with E-state index in [-0.39, 0.29) is 34.1 Å². The minimum absolute atomic E-state index is 0.0419. The largest absolute Gasteiger partial charge is 0.495 e. The number of hydrogen-bond donors (Lipinski definition) is 1. The molecule has 7 nitrogen and oxygen atoms in total. The molecule has 0 aliphatic heterocycles. The molecule has 170 valence electrons. The minimum atomic E-state index is -3.88. The second kappa shape index (κ2) is 10.7. The molecule has 2 aromatic rings. The number of benzene rings is 2. The lowest BCUT2D eigenvalue weighted by Gasteiger charge is -2.24. The van der Waals surface area contributed by atoms with E-state index in [9.17, 15) is 13.2 Å². The fourth-order valence-corrected chi connectivity index (χ4v) is 4.34. The topological polar surface area (TPSA) is 84.9 Å². The lowest BCUT2D eigenvalue weighted by atomic mass is 9.89. The van der Waals surface area contributed by atoms with Crippen molar-refractivity contribution in [2.24, 2.45) is 5.41 Å². The monoisotopic (exact) mass is 448 g/mol. The number of amides is 1. The Balaban J connectivity index is 2.23. The second-order valence-corrected chi connectivity index (χ2v) is 10.2.